The van der Waals surface area contributed by atoms with Gasteiger partial charge < -0.3 is 29.2 Å². The minimum Gasteiger partial charge on any atom is -0.508 e. The number of ether oxygens (including phenoxy) is 4. The molecular weight excluding hydrogens is 632 g/mol. The second-order valence-electron chi connectivity index (χ2n) is 12.1. The zero-order valence-corrected chi connectivity index (χ0v) is 28.3. The van der Waals surface area contributed by atoms with Gasteiger partial charge in [-0.2, -0.15) is 10.5 Å². The summed E-state index contributed by atoms with van der Waals surface area (Å²) in [6, 6.07) is 30.3. The first-order valence-corrected chi connectivity index (χ1v) is 16.9. The highest BCUT2D eigenvalue weighted by atomic mass is 16.5. The van der Waals surface area contributed by atoms with E-state index in [-0.39, 0.29) is 11.5 Å². The predicted octanol–water partition coefficient (Wildman–Crippen LogP) is 5.56. The summed E-state index contributed by atoms with van der Waals surface area (Å²) in [5.74, 6) is 0.461. The lowest BCUT2D eigenvalue weighted by atomic mass is 10.0. The van der Waals surface area contributed by atoms with Gasteiger partial charge in [0.1, 0.15) is 11.5 Å². The number of hydrogen-bond donors (Lipinski definition) is 2. The third-order valence-corrected chi connectivity index (χ3v) is 8.59. The van der Waals surface area contributed by atoms with Crippen molar-refractivity contribution in [2.45, 2.75) is 13.1 Å². The van der Waals surface area contributed by atoms with Gasteiger partial charge in [-0.05, 0) is 70.8 Å². The summed E-state index contributed by atoms with van der Waals surface area (Å²) in [4.78, 5) is 4.40. The Bertz CT molecular complexity index is 1580. The monoisotopic (exact) mass is 676 g/mol. The van der Waals surface area contributed by atoms with Crippen LogP contribution in [0.3, 0.4) is 0 Å². The van der Waals surface area contributed by atoms with E-state index in [9.17, 15) is 10.2 Å². The number of aromatic hydroxyl groups is 2. The predicted molar refractivity (Wildman–Crippen MR) is 190 cm³/mol. The molecule has 1 saturated heterocycles. The van der Waals surface area contributed by atoms with Crippen LogP contribution >= 0.6 is 0 Å². The van der Waals surface area contributed by atoms with Crippen LogP contribution < -0.4 is 0 Å². The molecule has 0 aliphatic carbocycles. The highest BCUT2D eigenvalue weighted by molar-refractivity contribution is 5.67. The maximum absolute atomic E-state index is 10.7. The van der Waals surface area contributed by atoms with Crippen LogP contribution in [0.5, 0.6) is 11.5 Å². The second kappa shape index (κ2) is 19.4. The zero-order valence-electron chi connectivity index (χ0n) is 28.3. The van der Waals surface area contributed by atoms with Gasteiger partial charge in [0.25, 0.3) is 0 Å². The second-order valence-corrected chi connectivity index (χ2v) is 12.1. The average Bonchev–Trinajstić information content (AvgIpc) is 3.14. The molecule has 10 nitrogen and oxygen atoms in total. The molecule has 0 aromatic heterocycles. The smallest absolute Gasteiger partial charge is 0.120 e. The summed E-state index contributed by atoms with van der Waals surface area (Å²) < 4.78 is 23.7. The standard InChI is InChI=1S/C40H44N4O6/c41-27-31-1-5-33(6-2-31)35-9-11-39(45)37(25-35)29-43-13-17-47-21-23-49-19-15-44(16-20-50-24-22-48-18-14-43)30-38-26-36(10-12-40(38)46)34-7-3-32(28-42)4-8-34/h1-12,25-26,45-46H,13-24,29-30H2. The van der Waals surface area contributed by atoms with Crippen molar-refractivity contribution in [1.82, 2.24) is 9.80 Å². The lowest BCUT2D eigenvalue weighted by Crippen LogP contribution is -2.32. The Kier molecular flexibility index (Phi) is 14.2. The van der Waals surface area contributed by atoms with E-state index >= 15 is 0 Å². The van der Waals surface area contributed by atoms with Crippen LogP contribution in [0.25, 0.3) is 22.3 Å². The molecule has 2 N–H and O–H groups in total. The lowest BCUT2D eigenvalue weighted by Gasteiger charge is -2.24. The van der Waals surface area contributed by atoms with Gasteiger partial charge in [0.2, 0.25) is 0 Å². The van der Waals surface area contributed by atoms with Gasteiger partial charge in [-0.15, -0.1) is 0 Å². The molecule has 1 heterocycles. The molecule has 0 saturated carbocycles. The normalized spacial score (nSPS) is 16.4. The third-order valence-electron chi connectivity index (χ3n) is 8.59. The van der Waals surface area contributed by atoms with Crippen molar-refractivity contribution in [3.8, 4) is 45.9 Å². The first kappa shape index (κ1) is 36.5. The molecule has 0 radical (unpaired) electrons. The summed E-state index contributed by atoms with van der Waals surface area (Å²) in [5.41, 5.74) is 6.72. The van der Waals surface area contributed by atoms with Crippen LogP contribution in [0.15, 0.2) is 84.9 Å². The summed E-state index contributed by atoms with van der Waals surface area (Å²) in [5, 5.41) is 39.6. The number of nitriles is 2. The molecule has 0 bridgehead atoms. The molecule has 10 heteroatoms. The van der Waals surface area contributed by atoms with Gasteiger partial charge in [-0.25, -0.2) is 0 Å². The molecule has 1 aliphatic rings. The van der Waals surface area contributed by atoms with Gasteiger partial charge in [0.05, 0.1) is 76.1 Å². The summed E-state index contributed by atoms with van der Waals surface area (Å²) in [6.45, 7) is 7.51. The quantitative estimate of drug-likeness (QED) is 0.268. The Morgan fingerprint density at radius 2 is 0.780 bits per heavy atom. The van der Waals surface area contributed by atoms with E-state index in [4.69, 9.17) is 29.5 Å². The van der Waals surface area contributed by atoms with Crippen molar-refractivity contribution in [2.75, 3.05) is 79.0 Å². The number of phenols is 2. The van der Waals surface area contributed by atoms with Crippen molar-refractivity contribution in [1.29, 1.82) is 10.5 Å². The molecule has 0 unspecified atom stereocenters. The molecule has 5 rings (SSSR count). The molecule has 4 aromatic rings. The maximum atomic E-state index is 10.7. The summed E-state index contributed by atoms with van der Waals surface area (Å²) in [7, 11) is 0. The fraction of sp³-hybridized carbons (Fsp3) is 0.350. The Morgan fingerprint density at radius 3 is 1.10 bits per heavy atom. The molecule has 50 heavy (non-hydrogen) atoms. The van der Waals surface area contributed by atoms with E-state index in [0.717, 1.165) is 33.4 Å². The van der Waals surface area contributed by atoms with Crippen LogP contribution in [0.4, 0.5) is 0 Å². The SMILES string of the molecule is N#Cc1ccc(-c2ccc(O)c(CN3CCOCCOCCN(Cc4cc(-c5ccc(C#N)cc5)ccc4O)CCOCCOCC3)c2)cc1. The van der Waals surface area contributed by atoms with Gasteiger partial charge in [0, 0.05) is 50.4 Å². The topological polar surface area (TPSA) is 131 Å². The minimum atomic E-state index is 0.230. The van der Waals surface area contributed by atoms with Crippen LogP contribution in [0.2, 0.25) is 0 Å². The van der Waals surface area contributed by atoms with Crippen LogP contribution in [-0.2, 0) is 32.0 Å². The van der Waals surface area contributed by atoms with E-state index < -0.39 is 0 Å². The number of nitrogens with zero attached hydrogens (tertiary/aromatic N) is 4. The average molecular weight is 677 g/mol. The lowest BCUT2D eigenvalue weighted by molar-refractivity contribution is 0.00612. The molecule has 1 aliphatic heterocycles. The van der Waals surface area contributed by atoms with Gasteiger partial charge in [-0.1, -0.05) is 36.4 Å². The minimum absolute atomic E-state index is 0.230. The highest BCUT2D eigenvalue weighted by Crippen LogP contribution is 2.29. The third kappa shape index (κ3) is 11.1. The molecular formula is C40H44N4O6. The molecule has 0 spiro atoms. The number of rotatable bonds is 6. The van der Waals surface area contributed by atoms with Crippen molar-refractivity contribution in [2.24, 2.45) is 0 Å². The maximum Gasteiger partial charge on any atom is 0.120 e. The highest BCUT2D eigenvalue weighted by Gasteiger charge is 2.14. The first-order valence-electron chi connectivity index (χ1n) is 16.9. The molecule has 1 fully saturated rings. The summed E-state index contributed by atoms with van der Waals surface area (Å²) in [6.07, 6.45) is 0. The van der Waals surface area contributed by atoms with E-state index in [1.165, 1.54) is 0 Å². The van der Waals surface area contributed by atoms with E-state index in [0.29, 0.717) is 103 Å². The number of phenolic OH excluding ortho intramolecular Hbond substituents is 2. The first-order chi connectivity index (χ1) is 24.5. The fourth-order valence-corrected chi connectivity index (χ4v) is 5.70. The largest absolute Gasteiger partial charge is 0.508 e. The van der Waals surface area contributed by atoms with Gasteiger partial charge in [0.15, 0.2) is 0 Å². The summed E-state index contributed by atoms with van der Waals surface area (Å²) >= 11 is 0. The molecule has 4 aromatic carbocycles. The Hall–Kier alpha value is -4.78. The van der Waals surface area contributed by atoms with Gasteiger partial charge in [-0.3, -0.25) is 9.80 Å². The van der Waals surface area contributed by atoms with Crippen LogP contribution in [0, 0.1) is 22.7 Å². The van der Waals surface area contributed by atoms with Gasteiger partial charge >= 0.3 is 0 Å². The Morgan fingerprint density at radius 1 is 0.460 bits per heavy atom. The van der Waals surface area contributed by atoms with Crippen LogP contribution in [0.1, 0.15) is 22.3 Å². The zero-order chi connectivity index (χ0) is 35.0. The Balaban J connectivity index is 1.14. The molecule has 260 valence electrons. The van der Waals surface area contributed by atoms with E-state index in [1.807, 2.05) is 48.5 Å². The van der Waals surface area contributed by atoms with Crippen molar-refractivity contribution in [3.05, 3.63) is 107 Å². The number of hydrogen-bond acceptors (Lipinski definition) is 10. The van der Waals surface area contributed by atoms with Crippen LogP contribution in [-0.4, -0.2) is 99.0 Å². The van der Waals surface area contributed by atoms with Crippen molar-refractivity contribution in [3.63, 3.8) is 0 Å². The van der Waals surface area contributed by atoms with E-state index in [2.05, 4.69) is 21.9 Å². The molecule has 0 atom stereocenters. The van der Waals surface area contributed by atoms with E-state index in [1.54, 1.807) is 36.4 Å². The molecule has 0 amide bonds. The number of benzene rings is 4. The van der Waals surface area contributed by atoms with Crippen molar-refractivity contribution < 1.29 is 29.2 Å². The fourth-order valence-electron chi connectivity index (χ4n) is 5.70. The van der Waals surface area contributed by atoms with Crippen molar-refractivity contribution >= 4 is 0 Å². The Labute approximate surface area is 294 Å².